The Morgan fingerprint density at radius 3 is 2.43 bits per heavy atom. The fourth-order valence-corrected chi connectivity index (χ4v) is 1.88. The second-order valence-electron chi connectivity index (χ2n) is 4.58. The number of hydrogen-bond acceptors (Lipinski definition) is 3. The van der Waals surface area contributed by atoms with E-state index in [-0.39, 0.29) is 5.75 Å². The van der Waals surface area contributed by atoms with Gasteiger partial charge in [-0.15, -0.1) is 0 Å². The van der Waals surface area contributed by atoms with Crippen molar-refractivity contribution in [3.8, 4) is 11.5 Å². The molecule has 0 atom stereocenters. The number of ether oxygens (including phenoxy) is 2. The Labute approximate surface area is 122 Å². The quantitative estimate of drug-likeness (QED) is 0.865. The average molecular weight is 293 g/mol. The van der Waals surface area contributed by atoms with Crippen molar-refractivity contribution in [2.24, 2.45) is 0 Å². The van der Waals surface area contributed by atoms with Crippen LogP contribution in [0.1, 0.15) is 11.1 Å². The molecule has 0 aliphatic heterocycles. The van der Waals surface area contributed by atoms with Gasteiger partial charge in [-0.2, -0.15) is 8.78 Å². The van der Waals surface area contributed by atoms with Gasteiger partial charge in [-0.05, 0) is 24.6 Å². The molecule has 0 amide bonds. The van der Waals surface area contributed by atoms with E-state index >= 15 is 0 Å². The molecule has 0 aromatic heterocycles. The molecule has 0 unspecified atom stereocenters. The van der Waals surface area contributed by atoms with E-state index < -0.39 is 6.61 Å². The van der Waals surface area contributed by atoms with E-state index in [2.05, 4.69) is 10.1 Å². The Bertz CT molecular complexity index is 585. The highest BCUT2D eigenvalue weighted by molar-refractivity contribution is 5.60. The summed E-state index contributed by atoms with van der Waals surface area (Å²) >= 11 is 0. The molecule has 0 spiro atoms. The zero-order valence-corrected chi connectivity index (χ0v) is 11.9. The van der Waals surface area contributed by atoms with Gasteiger partial charge in [0.15, 0.2) is 0 Å². The standard InChI is InChI=1S/C16H17F2NO2/c1-11-3-5-12(6-4-11)10-19-14-9-13(20-2)7-8-15(14)21-16(17)18/h3-9,16,19H,10H2,1-2H3. The lowest BCUT2D eigenvalue weighted by atomic mass is 10.1. The minimum atomic E-state index is -2.86. The molecule has 0 saturated carbocycles. The molecule has 2 aromatic rings. The molecule has 0 radical (unpaired) electrons. The van der Waals surface area contributed by atoms with Crippen molar-refractivity contribution in [1.82, 2.24) is 0 Å². The maximum atomic E-state index is 12.4. The van der Waals surface area contributed by atoms with Crippen molar-refractivity contribution in [3.05, 3.63) is 53.6 Å². The lowest BCUT2D eigenvalue weighted by molar-refractivity contribution is -0.0494. The molecule has 3 nitrogen and oxygen atoms in total. The average Bonchev–Trinajstić information content (AvgIpc) is 2.47. The van der Waals surface area contributed by atoms with Crippen LogP contribution in [0, 0.1) is 6.92 Å². The summed E-state index contributed by atoms with van der Waals surface area (Å²) in [4.78, 5) is 0. The zero-order valence-electron chi connectivity index (χ0n) is 11.9. The van der Waals surface area contributed by atoms with Gasteiger partial charge in [-0.1, -0.05) is 29.8 Å². The number of nitrogens with one attached hydrogen (secondary N) is 1. The molecule has 0 heterocycles. The Morgan fingerprint density at radius 2 is 1.81 bits per heavy atom. The van der Waals surface area contributed by atoms with E-state index in [9.17, 15) is 8.78 Å². The molecule has 2 rings (SSSR count). The van der Waals surface area contributed by atoms with Crippen LogP contribution in [0.2, 0.25) is 0 Å². The number of hydrogen-bond donors (Lipinski definition) is 1. The Balaban J connectivity index is 2.14. The highest BCUT2D eigenvalue weighted by atomic mass is 19.3. The summed E-state index contributed by atoms with van der Waals surface area (Å²) in [6, 6.07) is 12.6. The van der Waals surface area contributed by atoms with Crippen LogP contribution in [0.3, 0.4) is 0 Å². The maximum Gasteiger partial charge on any atom is 0.387 e. The summed E-state index contributed by atoms with van der Waals surface area (Å²) in [7, 11) is 1.52. The Hall–Kier alpha value is -2.30. The summed E-state index contributed by atoms with van der Waals surface area (Å²) in [6.45, 7) is -0.348. The van der Waals surface area contributed by atoms with Crippen LogP contribution in [0.25, 0.3) is 0 Å². The topological polar surface area (TPSA) is 30.5 Å². The zero-order chi connectivity index (χ0) is 15.2. The largest absolute Gasteiger partial charge is 0.497 e. The minimum Gasteiger partial charge on any atom is -0.497 e. The normalized spacial score (nSPS) is 10.5. The highest BCUT2D eigenvalue weighted by Gasteiger charge is 2.10. The molecule has 0 aliphatic rings. The second-order valence-corrected chi connectivity index (χ2v) is 4.58. The highest BCUT2D eigenvalue weighted by Crippen LogP contribution is 2.30. The molecule has 0 fully saturated rings. The first-order chi connectivity index (χ1) is 10.1. The number of methoxy groups -OCH3 is 1. The molecule has 2 aromatic carbocycles. The van der Waals surface area contributed by atoms with Crippen molar-refractivity contribution in [2.45, 2.75) is 20.1 Å². The molecule has 0 saturated heterocycles. The van der Waals surface area contributed by atoms with Crippen LogP contribution in [-0.2, 0) is 6.54 Å². The summed E-state index contributed by atoms with van der Waals surface area (Å²) in [5.74, 6) is 0.668. The number of alkyl halides is 2. The fourth-order valence-electron chi connectivity index (χ4n) is 1.88. The summed E-state index contributed by atoms with van der Waals surface area (Å²) in [5, 5.41) is 3.09. The first kappa shape index (κ1) is 15.1. The monoisotopic (exact) mass is 293 g/mol. The maximum absolute atomic E-state index is 12.4. The molecule has 0 aliphatic carbocycles. The molecule has 1 N–H and O–H groups in total. The predicted octanol–water partition coefficient (Wildman–Crippen LogP) is 4.22. The van der Waals surface area contributed by atoms with Gasteiger partial charge in [-0.3, -0.25) is 0 Å². The van der Waals surface area contributed by atoms with Crippen LogP contribution in [0.4, 0.5) is 14.5 Å². The summed E-state index contributed by atoms with van der Waals surface area (Å²) < 4.78 is 34.4. The third-order valence-electron chi connectivity index (χ3n) is 3.01. The van der Waals surface area contributed by atoms with Gasteiger partial charge in [0.2, 0.25) is 0 Å². The Morgan fingerprint density at radius 1 is 1.10 bits per heavy atom. The van der Waals surface area contributed by atoms with Crippen molar-refractivity contribution in [2.75, 3.05) is 12.4 Å². The number of benzene rings is 2. The van der Waals surface area contributed by atoms with Gasteiger partial charge in [-0.25, -0.2) is 0 Å². The van der Waals surface area contributed by atoms with Crippen molar-refractivity contribution >= 4 is 5.69 Å². The number of rotatable bonds is 6. The minimum absolute atomic E-state index is 0.0953. The first-order valence-corrected chi connectivity index (χ1v) is 6.51. The van der Waals surface area contributed by atoms with Crippen LogP contribution in [0.5, 0.6) is 11.5 Å². The van der Waals surface area contributed by atoms with E-state index in [0.717, 1.165) is 5.56 Å². The van der Waals surface area contributed by atoms with E-state index in [1.165, 1.54) is 18.7 Å². The summed E-state index contributed by atoms with van der Waals surface area (Å²) in [5.41, 5.74) is 2.68. The van der Waals surface area contributed by atoms with Crippen LogP contribution < -0.4 is 14.8 Å². The molecule has 112 valence electrons. The van der Waals surface area contributed by atoms with Gasteiger partial charge in [0, 0.05) is 12.6 Å². The first-order valence-electron chi connectivity index (χ1n) is 6.51. The lowest BCUT2D eigenvalue weighted by Crippen LogP contribution is -2.07. The predicted molar refractivity (Wildman–Crippen MR) is 78.1 cm³/mol. The third-order valence-corrected chi connectivity index (χ3v) is 3.01. The van der Waals surface area contributed by atoms with Crippen LogP contribution in [-0.4, -0.2) is 13.7 Å². The third kappa shape index (κ3) is 4.34. The van der Waals surface area contributed by atoms with Gasteiger partial charge < -0.3 is 14.8 Å². The number of anilines is 1. The van der Waals surface area contributed by atoms with Gasteiger partial charge in [0.1, 0.15) is 11.5 Å². The second kappa shape index (κ2) is 6.92. The van der Waals surface area contributed by atoms with Crippen molar-refractivity contribution in [3.63, 3.8) is 0 Å². The molecular weight excluding hydrogens is 276 g/mol. The molecule has 0 bridgehead atoms. The Kier molecular flexibility index (Phi) is 4.98. The smallest absolute Gasteiger partial charge is 0.387 e. The van der Waals surface area contributed by atoms with E-state index in [4.69, 9.17) is 4.74 Å². The van der Waals surface area contributed by atoms with Crippen LogP contribution >= 0.6 is 0 Å². The number of aryl methyl sites for hydroxylation is 1. The van der Waals surface area contributed by atoms with Crippen molar-refractivity contribution < 1.29 is 18.3 Å². The lowest BCUT2D eigenvalue weighted by Gasteiger charge is -2.14. The van der Waals surface area contributed by atoms with E-state index in [0.29, 0.717) is 18.0 Å². The number of halogens is 2. The van der Waals surface area contributed by atoms with Crippen molar-refractivity contribution in [1.29, 1.82) is 0 Å². The molecule has 21 heavy (non-hydrogen) atoms. The SMILES string of the molecule is COc1ccc(OC(F)F)c(NCc2ccc(C)cc2)c1. The molecular formula is C16H17F2NO2. The van der Waals surface area contributed by atoms with Gasteiger partial charge >= 0.3 is 6.61 Å². The van der Waals surface area contributed by atoms with E-state index in [1.54, 1.807) is 12.1 Å². The van der Waals surface area contributed by atoms with E-state index in [1.807, 2.05) is 31.2 Å². The summed E-state index contributed by atoms with van der Waals surface area (Å²) in [6.07, 6.45) is 0. The van der Waals surface area contributed by atoms with Gasteiger partial charge in [0.05, 0.1) is 12.8 Å². The van der Waals surface area contributed by atoms with Crippen LogP contribution in [0.15, 0.2) is 42.5 Å². The molecule has 5 heteroatoms. The van der Waals surface area contributed by atoms with Gasteiger partial charge in [0.25, 0.3) is 0 Å². The fraction of sp³-hybridized carbons (Fsp3) is 0.250.